The zero-order valence-corrected chi connectivity index (χ0v) is 10.4. The molecule has 1 aromatic heterocycles. The molecule has 1 heterocycles. The Labute approximate surface area is 107 Å². The first-order valence-electron chi connectivity index (χ1n) is 6.11. The number of benzene rings is 1. The summed E-state index contributed by atoms with van der Waals surface area (Å²) in [6.07, 6.45) is 3.82. The maximum atomic E-state index is 9.29. The molecule has 0 bridgehead atoms. The molecule has 1 atom stereocenters. The first kappa shape index (κ1) is 12.3. The highest BCUT2D eigenvalue weighted by atomic mass is 15.1. The van der Waals surface area contributed by atoms with Gasteiger partial charge in [0.25, 0.3) is 0 Å². The van der Waals surface area contributed by atoms with Gasteiger partial charge < -0.3 is 0 Å². The van der Waals surface area contributed by atoms with Crippen LogP contribution in [0.15, 0.2) is 42.6 Å². The van der Waals surface area contributed by atoms with Gasteiger partial charge in [-0.1, -0.05) is 37.6 Å². The lowest BCUT2D eigenvalue weighted by Gasteiger charge is -2.08. The number of nitrogens with zero attached hydrogens (tertiary/aromatic N) is 3. The lowest BCUT2D eigenvalue weighted by molar-refractivity contribution is 0.880. The van der Waals surface area contributed by atoms with Crippen molar-refractivity contribution in [1.82, 2.24) is 10.2 Å². The first-order valence-corrected chi connectivity index (χ1v) is 6.11. The number of hydrogen-bond donors (Lipinski definition) is 0. The van der Waals surface area contributed by atoms with E-state index in [-0.39, 0.29) is 5.92 Å². The Bertz CT molecular complexity index is 526. The van der Waals surface area contributed by atoms with E-state index in [0.29, 0.717) is 5.69 Å². The minimum Gasteiger partial charge on any atom is -0.197 e. The van der Waals surface area contributed by atoms with Gasteiger partial charge in [0.05, 0.1) is 11.8 Å². The molecule has 0 aliphatic rings. The summed E-state index contributed by atoms with van der Waals surface area (Å²) in [7, 11) is 0. The van der Waals surface area contributed by atoms with Crippen molar-refractivity contribution in [2.45, 2.75) is 25.7 Å². The van der Waals surface area contributed by atoms with Gasteiger partial charge in [-0.25, -0.2) is 0 Å². The highest BCUT2D eigenvalue weighted by Crippen LogP contribution is 2.22. The summed E-state index contributed by atoms with van der Waals surface area (Å²) in [6, 6.07) is 14.1. The Morgan fingerprint density at radius 3 is 2.56 bits per heavy atom. The van der Waals surface area contributed by atoms with Crippen molar-refractivity contribution in [3.8, 4) is 6.07 Å². The van der Waals surface area contributed by atoms with Crippen LogP contribution >= 0.6 is 0 Å². The molecule has 3 heteroatoms. The van der Waals surface area contributed by atoms with Gasteiger partial charge >= 0.3 is 0 Å². The van der Waals surface area contributed by atoms with Crippen molar-refractivity contribution >= 4 is 0 Å². The second-order valence-corrected chi connectivity index (χ2v) is 4.20. The summed E-state index contributed by atoms with van der Waals surface area (Å²) in [5.74, 6) is -0.339. The van der Waals surface area contributed by atoms with Crippen molar-refractivity contribution in [3.05, 3.63) is 59.4 Å². The standard InChI is InChI=1S/C15H15N3/c1-2-4-12-6-8-13(9-7-12)14(11-16)15-5-3-10-17-18-15/h3,5-10,14H,2,4H2,1H3. The average Bonchev–Trinajstić information content (AvgIpc) is 2.43. The molecule has 0 radical (unpaired) electrons. The molecule has 0 aliphatic carbocycles. The van der Waals surface area contributed by atoms with E-state index in [1.165, 1.54) is 5.56 Å². The average molecular weight is 237 g/mol. The van der Waals surface area contributed by atoms with Crippen molar-refractivity contribution in [2.24, 2.45) is 0 Å². The van der Waals surface area contributed by atoms with E-state index in [2.05, 4.69) is 35.3 Å². The van der Waals surface area contributed by atoms with Gasteiger partial charge in [0.2, 0.25) is 0 Å². The van der Waals surface area contributed by atoms with Crippen LogP contribution in [0, 0.1) is 11.3 Å². The van der Waals surface area contributed by atoms with Gasteiger partial charge in [0.1, 0.15) is 5.92 Å². The number of nitriles is 1. The molecule has 3 nitrogen and oxygen atoms in total. The number of rotatable bonds is 4. The monoisotopic (exact) mass is 237 g/mol. The van der Waals surface area contributed by atoms with E-state index < -0.39 is 0 Å². The van der Waals surface area contributed by atoms with Crippen molar-refractivity contribution in [1.29, 1.82) is 5.26 Å². The summed E-state index contributed by atoms with van der Waals surface area (Å²) in [5.41, 5.74) is 2.97. The summed E-state index contributed by atoms with van der Waals surface area (Å²) < 4.78 is 0. The Morgan fingerprint density at radius 1 is 1.22 bits per heavy atom. The Kier molecular flexibility index (Phi) is 4.03. The minimum absolute atomic E-state index is 0.339. The molecule has 0 aliphatic heterocycles. The molecule has 2 rings (SSSR count). The van der Waals surface area contributed by atoms with Crippen molar-refractivity contribution in [3.63, 3.8) is 0 Å². The number of aromatic nitrogens is 2. The van der Waals surface area contributed by atoms with E-state index in [1.54, 1.807) is 12.3 Å². The molecule has 90 valence electrons. The molecule has 18 heavy (non-hydrogen) atoms. The summed E-state index contributed by atoms with van der Waals surface area (Å²) in [6.45, 7) is 2.16. The van der Waals surface area contributed by atoms with E-state index in [0.717, 1.165) is 18.4 Å². The maximum absolute atomic E-state index is 9.29. The molecule has 0 spiro atoms. The molecule has 0 saturated carbocycles. The Balaban J connectivity index is 2.26. The SMILES string of the molecule is CCCc1ccc(C(C#N)c2cccnn2)cc1. The minimum atomic E-state index is -0.339. The van der Waals surface area contributed by atoms with E-state index in [1.807, 2.05) is 18.2 Å². The van der Waals surface area contributed by atoms with Crippen LogP contribution in [-0.4, -0.2) is 10.2 Å². The van der Waals surface area contributed by atoms with Crippen LogP contribution in [0.3, 0.4) is 0 Å². The fourth-order valence-corrected chi connectivity index (χ4v) is 1.94. The lowest BCUT2D eigenvalue weighted by atomic mass is 9.95. The third-order valence-electron chi connectivity index (χ3n) is 2.87. The van der Waals surface area contributed by atoms with Crippen LogP contribution in [-0.2, 0) is 6.42 Å². The molecular formula is C15H15N3. The molecule has 0 amide bonds. The fraction of sp³-hybridized carbons (Fsp3) is 0.267. The third-order valence-corrected chi connectivity index (χ3v) is 2.87. The predicted molar refractivity (Wildman–Crippen MR) is 69.9 cm³/mol. The zero-order valence-electron chi connectivity index (χ0n) is 10.4. The zero-order chi connectivity index (χ0) is 12.8. The van der Waals surface area contributed by atoms with Gasteiger partial charge in [-0.15, -0.1) is 0 Å². The van der Waals surface area contributed by atoms with Gasteiger partial charge in [0.15, 0.2) is 0 Å². The first-order chi connectivity index (χ1) is 8.85. The van der Waals surface area contributed by atoms with Gasteiger partial charge in [-0.3, -0.25) is 0 Å². The van der Waals surface area contributed by atoms with E-state index in [9.17, 15) is 5.26 Å². The molecular weight excluding hydrogens is 222 g/mol. The van der Waals surface area contributed by atoms with Gasteiger partial charge in [-0.2, -0.15) is 15.5 Å². The third kappa shape index (κ3) is 2.72. The van der Waals surface area contributed by atoms with Crippen LogP contribution in [0.4, 0.5) is 0 Å². The number of aryl methyl sites for hydroxylation is 1. The normalized spacial score (nSPS) is 11.8. The summed E-state index contributed by atoms with van der Waals surface area (Å²) >= 11 is 0. The highest BCUT2D eigenvalue weighted by Gasteiger charge is 2.14. The van der Waals surface area contributed by atoms with Crippen molar-refractivity contribution in [2.75, 3.05) is 0 Å². The van der Waals surface area contributed by atoms with Crippen LogP contribution in [0.2, 0.25) is 0 Å². The van der Waals surface area contributed by atoms with Crippen LogP contribution in [0.1, 0.15) is 36.1 Å². The quantitative estimate of drug-likeness (QED) is 0.821. The Hall–Kier alpha value is -2.21. The number of hydrogen-bond acceptors (Lipinski definition) is 3. The van der Waals surface area contributed by atoms with Gasteiger partial charge in [0, 0.05) is 6.20 Å². The van der Waals surface area contributed by atoms with E-state index >= 15 is 0 Å². The smallest absolute Gasteiger partial charge is 0.115 e. The van der Waals surface area contributed by atoms with Crippen LogP contribution in [0.5, 0.6) is 0 Å². The fourth-order valence-electron chi connectivity index (χ4n) is 1.94. The topological polar surface area (TPSA) is 49.6 Å². The molecule has 1 unspecified atom stereocenters. The van der Waals surface area contributed by atoms with Crippen LogP contribution in [0.25, 0.3) is 0 Å². The highest BCUT2D eigenvalue weighted by molar-refractivity contribution is 5.35. The summed E-state index contributed by atoms with van der Waals surface area (Å²) in [4.78, 5) is 0. The molecule has 0 fully saturated rings. The molecule has 2 aromatic rings. The Morgan fingerprint density at radius 2 is 2.00 bits per heavy atom. The second-order valence-electron chi connectivity index (χ2n) is 4.20. The summed E-state index contributed by atoms with van der Waals surface area (Å²) in [5, 5.41) is 17.1. The van der Waals surface area contributed by atoms with Crippen molar-refractivity contribution < 1.29 is 0 Å². The molecule has 0 N–H and O–H groups in total. The predicted octanol–water partition coefficient (Wildman–Crippen LogP) is 3.08. The molecule has 0 saturated heterocycles. The second kappa shape index (κ2) is 5.92. The molecule has 1 aromatic carbocycles. The van der Waals surface area contributed by atoms with Gasteiger partial charge in [-0.05, 0) is 29.7 Å². The maximum Gasteiger partial charge on any atom is 0.115 e. The van der Waals surface area contributed by atoms with Crippen LogP contribution < -0.4 is 0 Å². The lowest BCUT2D eigenvalue weighted by Crippen LogP contribution is -2.02. The van der Waals surface area contributed by atoms with E-state index in [4.69, 9.17) is 0 Å². The largest absolute Gasteiger partial charge is 0.197 e.